The fraction of sp³-hybridized carbons (Fsp3) is 0.621. The molecule has 10 rings (SSSR count). The Bertz CT molecular complexity index is 2740. The molecule has 76 heavy (non-hydrogen) atoms. The molecule has 0 bridgehead atoms. The van der Waals surface area contributed by atoms with E-state index in [0.29, 0.717) is 65.5 Å². The molecular weight excluding hydrogens is 986 g/mol. The number of hydrazine groups is 1. The Morgan fingerprint density at radius 2 is 1.63 bits per heavy atom. The van der Waals surface area contributed by atoms with Crippen LogP contribution in [0.3, 0.4) is 0 Å². The second kappa shape index (κ2) is 21.3. The van der Waals surface area contributed by atoms with Gasteiger partial charge in [-0.2, -0.15) is 10.4 Å². The van der Waals surface area contributed by atoms with Crippen LogP contribution in [-0.2, 0) is 11.2 Å². The predicted molar refractivity (Wildman–Crippen MR) is 295 cm³/mol. The molecule has 410 valence electrons. The van der Waals surface area contributed by atoms with Gasteiger partial charge in [-0.25, -0.2) is 24.2 Å². The first kappa shape index (κ1) is 55.2. The van der Waals surface area contributed by atoms with Crippen molar-refractivity contribution in [2.24, 2.45) is 38.6 Å². The molecule has 3 saturated heterocycles. The number of hydrogen-bond acceptors (Lipinski definition) is 13. The average Bonchev–Trinajstić information content (AvgIpc) is 4.00. The topological polar surface area (TPSA) is 149 Å². The molecule has 1 aromatic heterocycles. The molecule has 2 amide bonds. The number of hydrogen-bond donors (Lipinski definition) is 2. The van der Waals surface area contributed by atoms with Crippen LogP contribution in [0.1, 0.15) is 133 Å². The summed E-state index contributed by atoms with van der Waals surface area (Å²) >= 11 is 5.71. The standard InChI is InChI=1S/C50H73F2N11O2.C8H6ClNO/c1-31(64)60-19-15-39-38(26-60)43(62-16-11-12-32-20-36(34-24-55-58(10)25-34)37(42(51)52)21-40(32)62)57-63(39)35-13-17-59(18-14-35)27-41-49(6,7)29-61(30-50(41,8)9)46-53-22-33(23-54-46)44(65)56-45-47(2,3)28-48(45,4)5;1-11-7-3-2-6(5-10)8(9)4-7/h20-23,25,35,38-39,41-42,45,55H,11-19,24,26-30H2,1-10H3,(H,56,65);2-4H,1H3. The quantitative estimate of drug-likeness (QED) is 0.211. The van der Waals surface area contributed by atoms with Crippen molar-refractivity contribution in [1.82, 2.24) is 40.5 Å². The Morgan fingerprint density at radius 3 is 2.21 bits per heavy atom. The summed E-state index contributed by atoms with van der Waals surface area (Å²) in [5.74, 6) is 2.66. The Morgan fingerprint density at radius 1 is 0.947 bits per heavy atom. The van der Waals surface area contributed by atoms with Gasteiger partial charge in [0.2, 0.25) is 11.9 Å². The van der Waals surface area contributed by atoms with Gasteiger partial charge in [-0.1, -0.05) is 67.0 Å². The largest absolute Gasteiger partial charge is 0.497 e. The van der Waals surface area contributed by atoms with E-state index in [1.54, 1.807) is 50.7 Å². The Kier molecular flexibility index (Phi) is 15.5. The Balaban J connectivity index is 0.000000572. The van der Waals surface area contributed by atoms with Crippen molar-refractivity contribution in [1.29, 1.82) is 5.26 Å². The minimum absolute atomic E-state index is 0.0120. The zero-order chi connectivity index (χ0) is 54.6. The molecule has 7 heterocycles. The van der Waals surface area contributed by atoms with Crippen molar-refractivity contribution in [3.05, 3.63) is 81.8 Å². The van der Waals surface area contributed by atoms with Crippen molar-refractivity contribution in [2.75, 3.05) is 82.9 Å². The van der Waals surface area contributed by atoms with E-state index in [4.69, 9.17) is 36.7 Å². The van der Waals surface area contributed by atoms with E-state index in [2.05, 4.69) is 85.8 Å². The number of amides is 2. The summed E-state index contributed by atoms with van der Waals surface area (Å²) in [6, 6.07) is 11.1. The molecule has 0 radical (unpaired) electrons. The SMILES string of the molecule is CC(=O)N1CCC2C(C1)C(N1CCCc3cc(C4=CN(C)NC4)c(C(F)F)cc31)=NN2C1CCN(CC2C(C)(C)CN(c3ncc(C(=O)NC4C(C)(C)CC4(C)C)cn3)CC2(C)C)CC1.COc1ccc(C#N)c(Cl)c1. The van der Waals surface area contributed by atoms with Crippen LogP contribution in [0.5, 0.6) is 5.75 Å². The normalized spacial score (nSPS) is 24.2. The second-order valence-electron chi connectivity index (χ2n) is 25.2. The highest BCUT2D eigenvalue weighted by Crippen LogP contribution is 2.54. The number of nitriles is 1. The van der Waals surface area contributed by atoms with Gasteiger partial charge in [-0.15, -0.1) is 0 Å². The number of fused-ring (bicyclic) bond motifs is 2. The summed E-state index contributed by atoms with van der Waals surface area (Å²) in [5, 5.41) is 21.9. The van der Waals surface area contributed by atoms with Crippen molar-refractivity contribution < 1.29 is 23.1 Å². The van der Waals surface area contributed by atoms with Gasteiger partial charge in [0.25, 0.3) is 12.3 Å². The Hall–Kier alpha value is -5.57. The van der Waals surface area contributed by atoms with Gasteiger partial charge in [-0.3, -0.25) is 14.6 Å². The lowest BCUT2D eigenvalue weighted by Gasteiger charge is -2.57. The highest BCUT2D eigenvalue weighted by molar-refractivity contribution is 6.31. The first-order chi connectivity index (χ1) is 35.9. The van der Waals surface area contributed by atoms with Gasteiger partial charge in [0.15, 0.2) is 0 Å². The molecule has 2 N–H and O–H groups in total. The third kappa shape index (κ3) is 11.1. The van der Waals surface area contributed by atoms with E-state index in [0.717, 1.165) is 93.9 Å². The summed E-state index contributed by atoms with van der Waals surface area (Å²) in [6.45, 7) is 27.1. The van der Waals surface area contributed by atoms with Gasteiger partial charge < -0.3 is 34.7 Å². The van der Waals surface area contributed by atoms with E-state index in [9.17, 15) is 18.4 Å². The monoisotopic (exact) mass is 1060 g/mol. The van der Waals surface area contributed by atoms with Crippen LogP contribution >= 0.6 is 11.6 Å². The van der Waals surface area contributed by atoms with Gasteiger partial charge in [0.05, 0.1) is 35.2 Å². The van der Waals surface area contributed by atoms with Crippen LogP contribution in [-0.4, -0.2) is 139 Å². The second-order valence-corrected chi connectivity index (χ2v) is 25.6. The molecule has 4 fully saturated rings. The summed E-state index contributed by atoms with van der Waals surface area (Å²) in [4.78, 5) is 44.7. The maximum Gasteiger partial charge on any atom is 0.264 e. The van der Waals surface area contributed by atoms with Gasteiger partial charge in [-0.05, 0) is 107 Å². The zero-order valence-corrected chi connectivity index (χ0v) is 47.3. The minimum atomic E-state index is -2.61. The van der Waals surface area contributed by atoms with Crippen LogP contribution < -0.4 is 25.3 Å². The lowest BCUT2D eigenvalue weighted by Crippen LogP contribution is -2.63. The number of benzene rings is 2. The van der Waals surface area contributed by atoms with E-state index in [1.165, 1.54) is 0 Å². The number of methoxy groups -OCH3 is 1. The smallest absolute Gasteiger partial charge is 0.264 e. The fourth-order valence-corrected chi connectivity index (χ4v) is 14.7. The number of piperidine rings is 3. The van der Waals surface area contributed by atoms with Gasteiger partial charge in [0.1, 0.15) is 17.7 Å². The lowest BCUT2D eigenvalue weighted by atomic mass is 9.52. The number of nitrogens with one attached hydrogen (secondary N) is 2. The molecule has 7 aliphatic rings. The summed E-state index contributed by atoms with van der Waals surface area (Å²) in [5.41, 5.74) is 7.71. The number of alkyl halides is 2. The number of aromatic nitrogens is 2. The number of anilines is 2. The molecule has 2 aromatic carbocycles. The molecule has 18 heteroatoms. The maximum absolute atomic E-state index is 14.8. The minimum Gasteiger partial charge on any atom is -0.497 e. The number of ether oxygens (including phenoxy) is 1. The van der Waals surface area contributed by atoms with Gasteiger partial charge in [0, 0.05) is 121 Å². The molecule has 2 unspecified atom stereocenters. The van der Waals surface area contributed by atoms with Crippen molar-refractivity contribution in [2.45, 2.75) is 125 Å². The van der Waals surface area contributed by atoms with Crippen LogP contribution in [0, 0.1) is 44.8 Å². The molecule has 1 aliphatic carbocycles. The first-order valence-electron chi connectivity index (χ1n) is 27.3. The van der Waals surface area contributed by atoms with Crippen molar-refractivity contribution in [3.8, 4) is 11.8 Å². The number of hydrazone groups is 1. The number of rotatable bonds is 9. The van der Waals surface area contributed by atoms with Crippen LogP contribution in [0.25, 0.3) is 5.57 Å². The Labute approximate surface area is 454 Å². The molecule has 2 atom stereocenters. The average molecular weight is 1070 g/mol. The number of amidine groups is 1. The molecule has 0 spiro atoms. The number of halogens is 3. The highest BCUT2D eigenvalue weighted by atomic mass is 35.5. The fourth-order valence-electron chi connectivity index (χ4n) is 14.5. The lowest BCUT2D eigenvalue weighted by molar-refractivity contribution is -0.131. The van der Waals surface area contributed by atoms with Crippen LogP contribution in [0.4, 0.5) is 20.4 Å². The predicted octanol–water partition coefficient (Wildman–Crippen LogP) is 9.25. The summed E-state index contributed by atoms with van der Waals surface area (Å²) in [7, 11) is 3.44. The van der Waals surface area contributed by atoms with Gasteiger partial charge >= 0.3 is 0 Å². The van der Waals surface area contributed by atoms with Crippen LogP contribution in [0.2, 0.25) is 5.02 Å². The number of carbonyl (C=O) groups excluding carboxylic acids is 2. The zero-order valence-electron chi connectivity index (χ0n) is 46.5. The first-order valence-corrected chi connectivity index (χ1v) is 27.6. The number of carbonyl (C=O) groups is 2. The molecule has 1 saturated carbocycles. The number of nitrogens with zero attached hydrogens (tertiary/aromatic N) is 10. The maximum atomic E-state index is 14.8. The summed E-state index contributed by atoms with van der Waals surface area (Å²) < 4.78 is 34.6. The van der Waals surface area contributed by atoms with Crippen LogP contribution in [0.15, 0.2) is 54.0 Å². The molecule has 15 nitrogen and oxygen atoms in total. The molecule has 6 aliphatic heterocycles. The third-order valence-corrected chi connectivity index (χ3v) is 18.0. The van der Waals surface area contributed by atoms with E-state index < -0.39 is 6.43 Å². The third-order valence-electron chi connectivity index (χ3n) is 17.7. The highest BCUT2D eigenvalue weighted by Gasteiger charge is 2.54. The van der Waals surface area contributed by atoms with E-state index >= 15 is 0 Å². The molecule has 3 aromatic rings. The van der Waals surface area contributed by atoms with Crippen molar-refractivity contribution in [3.63, 3.8) is 0 Å². The van der Waals surface area contributed by atoms with E-state index in [-0.39, 0.29) is 63.1 Å². The van der Waals surface area contributed by atoms with E-state index in [1.807, 2.05) is 35.3 Å². The number of likely N-dealkylation sites (tertiary alicyclic amines) is 2. The van der Waals surface area contributed by atoms with Crippen molar-refractivity contribution >= 4 is 46.5 Å². The molecular formula is C58H79ClF2N12O3. The summed E-state index contributed by atoms with van der Waals surface area (Å²) in [6.07, 6.45) is 8.30. The number of aryl methyl sites for hydroxylation is 1.